The Morgan fingerprint density at radius 2 is 2.00 bits per heavy atom. The quantitative estimate of drug-likeness (QED) is 0.625. The smallest absolute Gasteiger partial charge is 0.0530 e. The Labute approximate surface area is 75.9 Å². The molecule has 0 N–H and O–H groups in total. The van der Waals surface area contributed by atoms with Gasteiger partial charge in [0.15, 0.2) is 0 Å². The van der Waals surface area contributed by atoms with Crippen LogP contribution < -0.4 is 0 Å². The minimum atomic E-state index is 0.508. The van der Waals surface area contributed by atoms with Crippen molar-refractivity contribution in [1.29, 1.82) is 0 Å². The fourth-order valence-corrected chi connectivity index (χ4v) is 1.54. The highest BCUT2D eigenvalue weighted by Gasteiger charge is 2.43. The molecule has 0 radical (unpaired) electrons. The topological polar surface area (TPSA) is 12.5 Å². The van der Waals surface area contributed by atoms with E-state index >= 15 is 0 Å². The Hall–Kier alpha value is -0.0800. The first-order chi connectivity index (χ1) is 5.59. The second kappa shape index (κ2) is 3.75. The number of hydrogen-bond donors (Lipinski definition) is 0. The van der Waals surface area contributed by atoms with Crippen molar-refractivity contribution in [2.24, 2.45) is 5.41 Å². The summed E-state index contributed by atoms with van der Waals surface area (Å²) in [4.78, 5) is 2.41. The van der Waals surface area contributed by atoms with E-state index in [0.29, 0.717) is 11.5 Å². The molecule has 72 valence electrons. The van der Waals surface area contributed by atoms with Crippen molar-refractivity contribution in [2.45, 2.75) is 32.7 Å². The number of hydrogen-bond acceptors (Lipinski definition) is 2. The van der Waals surface area contributed by atoms with Crippen LogP contribution in [0.5, 0.6) is 0 Å². The van der Waals surface area contributed by atoms with Crippen molar-refractivity contribution in [3.8, 4) is 0 Å². The predicted molar refractivity (Wildman–Crippen MR) is 51.3 cm³/mol. The predicted octanol–water partition coefficient (Wildman–Crippen LogP) is 1.75. The Bertz CT molecular complexity index is 141. The van der Waals surface area contributed by atoms with Crippen LogP contribution in [0.3, 0.4) is 0 Å². The van der Waals surface area contributed by atoms with Gasteiger partial charge in [0.25, 0.3) is 0 Å². The molecule has 1 rings (SSSR count). The lowest BCUT2D eigenvalue weighted by atomic mass is 10.1. The molecule has 1 aliphatic carbocycles. The molecule has 1 fully saturated rings. The van der Waals surface area contributed by atoms with E-state index in [1.165, 1.54) is 19.4 Å². The fraction of sp³-hybridized carbons (Fsp3) is 1.00. The molecule has 1 saturated carbocycles. The van der Waals surface area contributed by atoms with Crippen LogP contribution in [-0.4, -0.2) is 38.3 Å². The summed E-state index contributed by atoms with van der Waals surface area (Å²) in [5, 5.41) is 0. The molecule has 1 aliphatic rings. The molecule has 0 unspecified atom stereocenters. The van der Waals surface area contributed by atoms with Crippen LogP contribution in [-0.2, 0) is 4.74 Å². The normalized spacial score (nSPS) is 20.5. The first kappa shape index (κ1) is 10.0. The van der Waals surface area contributed by atoms with Gasteiger partial charge in [0.2, 0.25) is 0 Å². The molecule has 0 aromatic rings. The third kappa shape index (κ3) is 2.46. The van der Waals surface area contributed by atoms with Gasteiger partial charge in [0.1, 0.15) is 0 Å². The molecule has 0 aliphatic heterocycles. The zero-order chi connectivity index (χ0) is 9.19. The Morgan fingerprint density at radius 3 is 2.33 bits per heavy atom. The van der Waals surface area contributed by atoms with Gasteiger partial charge in [0, 0.05) is 25.1 Å². The fourth-order valence-electron chi connectivity index (χ4n) is 1.54. The number of ether oxygens (including phenoxy) is 1. The van der Waals surface area contributed by atoms with Gasteiger partial charge in [-0.2, -0.15) is 0 Å². The van der Waals surface area contributed by atoms with Crippen LogP contribution in [0.15, 0.2) is 0 Å². The van der Waals surface area contributed by atoms with Gasteiger partial charge >= 0.3 is 0 Å². The average Bonchev–Trinajstić information content (AvgIpc) is 2.69. The first-order valence-electron chi connectivity index (χ1n) is 4.79. The summed E-state index contributed by atoms with van der Waals surface area (Å²) in [5.74, 6) is 0. The zero-order valence-electron chi connectivity index (χ0n) is 8.76. The summed E-state index contributed by atoms with van der Waals surface area (Å²) >= 11 is 0. The van der Waals surface area contributed by atoms with Crippen LogP contribution in [0.1, 0.15) is 26.7 Å². The van der Waals surface area contributed by atoms with E-state index in [2.05, 4.69) is 25.8 Å². The van der Waals surface area contributed by atoms with Gasteiger partial charge in [-0.25, -0.2) is 0 Å². The van der Waals surface area contributed by atoms with Crippen LogP contribution in [0, 0.1) is 5.41 Å². The molecular weight excluding hydrogens is 150 g/mol. The van der Waals surface area contributed by atoms with E-state index in [9.17, 15) is 0 Å². The van der Waals surface area contributed by atoms with Crippen molar-refractivity contribution in [3.63, 3.8) is 0 Å². The second-order valence-electron chi connectivity index (χ2n) is 4.44. The highest BCUT2D eigenvalue weighted by Crippen LogP contribution is 2.46. The molecule has 0 heterocycles. The Kier molecular flexibility index (Phi) is 3.13. The summed E-state index contributed by atoms with van der Waals surface area (Å²) in [6, 6.07) is 0.652. The average molecular weight is 171 g/mol. The summed E-state index contributed by atoms with van der Waals surface area (Å²) in [6.07, 6.45) is 2.69. The molecule has 0 spiro atoms. The molecule has 0 atom stereocenters. The summed E-state index contributed by atoms with van der Waals surface area (Å²) < 4.78 is 5.22. The lowest BCUT2D eigenvalue weighted by Crippen LogP contribution is -2.34. The Balaban J connectivity index is 2.29. The van der Waals surface area contributed by atoms with Gasteiger partial charge in [-0.05, 0) is 33.7 Å². The van der Waals surface area contributed by atoms with Crippen LogP contribution >= 0.6 is 0 Å². The standard InChI is InChI=1S/C10H21NO/c1-9(2)11(3)7-10(5-6-10)8-12-4/h9H,5-8H2,1-4H3. The van der Waals surface area contributed by atoms with Gasteiger partial charge in [0.05, 0.1) is 6.61 Å². The highest BCUT2D eigenvalue weighted by molar-refractivity contribution is 4.95. The monoisotopic (exact) mass is 171 g/mol. The van der Waals surface area contributed by atoms with Crippen LogP contribution in [0.4, 0.5) is 0 Å². The maximum atomic E-state index is 5.22. The molecular formula is C10H21NO. The number of nitrogens with zero attached hydrogens (tertiary/aromatic N) is 1. The lowest BCUT2D eigenvalue weighted by Gasteiger charge is -2.26. The van der Waals surface area contributed by atoms with E-state index in [0.717, 1.165) is 6.61 Å². The minimum absolute atomic E-state index is 0.508. The third-order valence-electron chi connectivity index (χ3n) is 2.87. The van der Waals surface area contributed by atoms with E-state index in [1.54, 1.807) is 7.11 Å². The molecule has 0 saturated heterocycles. The SMILES string of the molecule is COCC1(CN(C)C(C)C)CC1. The van der Waals surface area contributed by atoms with Crippen molar-refractivity contribution in [1.82, 2.24) is 4.90 Å². The number of rotatable bonds is 5. The minimum Gasteiger partial charge on any atom is -0.384 e. The summed E-state index contributed by atoms with van der Waals surface area (Å²) in [6.45, 7) is 6.61. The molecule has 12 heavy (non-hydrogen) atoms. The zero-order valence-corrected chi connectivity index (χ0v) is 8.76. The van der Waals surface area contributed by atoms with Gasteiger partial charge < -0.3 is 9.64 Å². The van der Waals surface area contributed by atoms with Gasteiger partial charge in [-0.15, -0.1) is 0 Å². The van der Waals surface area contributed by atoms with Gasteiger partial charge in [-0.3, -0.25) is 0 Å². The Morgan fingerprint density at radius 1 is 1.42 bits per heavy atom. The van der Waals surface area contributed by atoms with Crippen molar-refractivity contribution in [3.05, 3.63) is 0 Å². The largest absolute Gasteiger partial charge is 0.384 e. The van der Waals surface area contributed by atoms with E-state index < -0.39 is 0 Å². The molecule has 2 heteroatoms. The molecule has 0 aromatic carbocycles. The lowest BCUT2D eigenvalue weighted by molar-refractivity contribution is 0.107. The van der Waals surface area contributed by atoms with Crippen LogP contribution in [0.25, 0.3) is 0 Å². The van der Waals surface area contributed by atoms with Crippen molar-refractivity contribution >= 4 is 0 Å². The molecule has 0 aromatic heterocycles. The molecule has 0 amide bonds. The third-order valence-corrected chi connectivity index (χ3v) is 2.87. The van der Waals surface area contributed by atoms with E-state index in [-0.39, 0.29) is 0 Å². The summed E-state index contributed by atoms with van der Waals surface area (Å²) in [7, 11) is 4.00. The van der Waals surface area contributed by atoms with Crippen molar-refractivity contribution < 1.29 is 4.74 Å². The van der Waals surface area contributed by atoms with Gasteiger partial charge in [-0.1, -0.05) is 0 Å². The molecule has 0 bridgehead atoms. The maximum absolute atomic E-state index is 5.22. The van der Waals surface area contributed by atoms with Crippen LogP contribution in [0.2, 0.25) is 0 Å². The van der Waals surface area contributed by atoms with E-state index in [1.807, 2.05) is 0 Å². The summed E-state index contributed by atoms with van der Waals surface area (Å²) in [5.41, 5.74) is 0.508. The van der Waals surface area contributed by atoms with Crippen molar-refractivity contribution in [2.75, 3.05) is 27.3 Å². The number of methoxy groups -OCH3 is 1. The molecule has 2 nitrogen and oxygen atoms in total. The van der Waals surface area contributed by atoms with E-state index in [4.69, 9.17) is 4.74 Å². The maximum Gasteiger partial charge on any atom is 0.0530 e. The highest BCUT2D eigenvalue weighted by atomic mass is 16.5. The second-order valence-corrected chi connectivity index (χ2v) is 4.44. The first-order valence-corrected chi connectivity index (χ1v) is 4.79.